The van der Waals surface area contributed by atoms with Crippen molar-refractivity contribution in [2.75, 3.05) is 0 Å². The van der Waals surface area contributed by atoms with Crippen molar-refractivity contribution < 1.29 is 24.9 Å². The van der Waals surface area contributed by atoms with Crippen LogP contribution in [0.4, 0.5) is 0 Å². The number of hydrogen-bond donors (Lipinski definition) is 3. The number of phenols is 3. The zero-order valence-corrected chi connectivity index (χ0v) is 8.37. The number of benzene rings is 1. The van der Waals surface area contributed by atoms with Crippen LogP contribution in [0, 0.1) is 0 Å². The Morgan fingerprint density at radius 3 is 2.13 bits per heavy atom. The molecule has 0 unspecified atom stereocenters. The first-order valence-electron chi connectivity index (χ1n) is 3.85. The Morgan fingerprint density at radius 1 is 1.20 bits per heavy atom. The highest BCUT2D eigenvalue weighted by molar-refractivity contribution is 6.68. The second-order valence-electron chi connectivity index (χ2n) is 2.85. The van der Waals surface area contributed by atoms with Crippen LogP contribution in [0.15, 0.2) is 6.07 Å². The van der Waals surface area contributed by atoms with Crippen molar-refractivity contribution in [1.29, 1.82) is 0 Å². The van der Waals surface area contributed by atoms with E-state index in [-0.39, 0.29) is 5.56 Å². The van der Waals surface area contributed by atoms with Gasteiger partial charge in [-0.3, -0.25) is 9.59 Å². The predicted molar refractivity (Wildman–Crippen MR) is 51.6 cm³/mol. The predicted octanol–water partition coefficient (Wildman–Crippen LogP) is 1.39. The van der Waals surface area contributed by atoms with E-state index >= 15 is 0 Å². The Balaban J connectivity index is 3.65. The first kappa shape index (κ1) is 11.3. The van der Waals surface area contributed by atoms with Crippen LogP contribution in [0.2, 0.25) is 0 Å². The van der Waals surface area contributed by atoms with Crippen molar-refractivity contribution in [1.82, 2.24) is 0 Å². The van der Waals surface area contributed by atoms with E-state index in [9.17, 15) is 14.7 Å². The molecule has 1 aromatic carbocycles. The lowest BCUT2D eigenvalue weighted by atomic mass is 10.0. The van der Waals surface area contributed by atoms with E-state index in [1.165, 1.54) is 0 Å². The quantitative estimate of drug-likeness (QED) is 0.405. The van der Waals surface area contributed by atoms with E-state index in [2.05, 4.69) is 0 Å². The number of Topliss-reactive ketones (excluding diaryl/α,β-unsaturated/α-hetero) is 1. The van der Waals surface area contributed by atoms with E-state index in [1.807, 2.05) is 0 Å². The van der Waals surface area contributed by atoms with Gasteiger partial charge in [0, 0.05) is 0 Å². The third-order valence-corrected chi connectivity index (χ3v) is 2.02. The lowest BCUT2D eigenvalue weighted by Gasteiger charge is -2.08. The summed E-state index contributed by atoms with van der Waals surface area (Å²) in [6, 6.07) is 0.821. The number of hydrogen-bond acceptors (Lipinski definition) is 5. The molecule has 0 bridgehead atoms. The van der Waals surface area contributed by atoms with E-state index in [4.69, 9.17) is 21.8 Å². The van der Waals surface area contributed by atoms with E-state index < -0.39 is 33.8 Å². The molecular weight excluding hydrogens is 224 g/mol. The fourth-order valence-electron chi connectivity index (χ4n) is 1.16. The summed E-state index contributed by atoms with van der Waals surface area (Å²) in [4.78, 5) is 22.0. The Kier molecular flexibility index (Phi) is 2.85. The Hall–Kier alpha value is -1.75. The largest absolute Gasteiger partial charge is 0.504 e. The number of aromatic hydroxyl groups is 3. The lowest BCUT2D eigenvalue weighted by molar-refractivity contribution is 0.0997. The Bertz CT molecular complexity index is 452. The molecule has 0 amide bonds. The topological polar surface area (TPSA) is 94.8 Å². The van der Waals surface area contributed by atoms with E-state index in [0.29, 0.717) is 0 Å². The molecule has 0 heterocycles. The molecule has 6 heteroatoms. The summed E-state index contributed by atoms with van der Waals surface area (Å²) >= 11 is 5.15. The minimum atomic E-state index is -1.01. The van der Waals surface area contributed by atoms with Gasteiger partial charge in [-0.1, -0.05) is 0 Å². The van der Waals surface area contributed by atoms with Gasteiger partial charge >= 0.3 is 0 Å². The molecule has 0 fully saturated rings. The highest BCUT2D eigenvalue weighted by Crippen LogP contribution is 2.40. The van der Waals surface area contributed by atoms with Crippen LogP contribution >= 0.6 is 11.6 Å². The summed E-state index contributed by atoms with van der Waals surface area (Å²) in [7, 11) is 0. The Labute approximate surface area is 89.5 Å². The minimum Gasteiger partial charge on any atom is -0.504 e. The lowest BCUT2D eigenvalue weighted by Crippen LogP contribution is -2.03. The summed E-state index contributed by atoms with van der Waals surface area (Å²) in [5.74, 6) is -3.08. The normalized spacial score (nSPS) is 10.0. The fraction of sp³-hybridized carbons (Fsp3) is 0.111. The van der Waals surface area contributed by atoms with Gasteiger partial charge in [0.15, 0.2) is 17.3 Å². The minimum absolute atomic E-state index is 0.350. The van der Waals surface area contributed by atoms with Gasteiger partial charge in [-0.15, -0.1) is 0 Å². The highest BCUT2D eigenvalue weighted by atomic mass is 35.5. The molecule has 0 aliphatic rings. The number of phenolic OH excluding ortho intramolecular Hbond substituents is 3. The van der Waals surface area contributed by atoms with E-state index in [1.54, 1.807) is 0 Å². The zero-order chi connectivity index (χ0) is 11.7. The van der Waals surface area contributed by atoms with Crippen LogP contribution in [0.3, 0.4) is 0 Å². The standard InChI is InChI=1S/C9H7ClO5/c1-3(11)6-4(9(10)15)2-5(12)7(13)8(6)14/h2,12-14H,1H3. The summed E-state index contributed by atoms with van der Waals surface area (Å²) in [5, 5.41) is 26.6. The highest BCUT2D eigenvalue weighted by Gasteiger charge is 2.22. The first-order valence-corrected chi connectivity index (χ1v) is 4.22. The molecule has 80 valence electrons. The van der Waals surface area contributed by atoms with Crippen molar-refractivity contribution in [2.24, 2.45) is 0 Å². The van der Waals surface area contributed by atoms with Crippen molar-refractivity contribution >= 4 is 22.6 Å². The van der Waals surface area contributed by atoms with E-state index in [0.717, 1.165) is 13.0 Å². The SMILES string of the molecule is CC(=O)c1c(C(=O)Cl)cc(O)c(O)c1O. The monoisotopic (exact) mass is 230 g/mol. The van der Waals surface area contributed by atoms with Gasteiger partial charge in [0.05, 0.1) is 11.1 Å². The third-order valence-electron chi connectivity index (χ3n) is 1.82. The molecule has 0 aliphatic carbocycles. The van der Waals surface area contributed by atoms with Gasteiger partial charge in [0.1, 0.15) is 0 Å². The molecule has 0 spiro atoms. The van der Waals surface area contributed by atoms with Crippen LogP contribution in [-0.4, -0.2) is 26.3 Å². The zero-order valence-electron chi connectivity index (χ0n) is 7.61. The van der Waals surface area contributed by atoms with Gasteiger partial charge in [-0.05, 0) is 24.6 Å². The number of rotatable bonds is 2. The molecule has 1 rings (SSSR count). The molecule has 0 aromatic heterocycles. The molecule has 0 saturated carbocycles. The number of carbonyl (C=O) groups excluding carboxylic acids is 2. The number of halogens is 1. The first-order chi connectivity index (χ1) is 6.86. The van der Waals surface area contributed by atoms with Crippen LogP contribution in [-0.2, 0) is 0 Å². The second kappa shape index (κ2) is 3.78. The molecule has 5 nitrogen and oxygen atoms in total. The van der Waals surface area contributed by atoms with Gasteiger partial charge in [0.25, 0.3) is 5.24 Å². The molecule has 0 saturated heterocycles. The van der Waals surface area contributed by atoms with Gasteiger partial charge in [0.2, 0.25) is 5.75 Å². The number of carbonyl (C=O) groups is 2. The molecular formula is C9H7ClO5. The second-order valence-corrected chi connectivity index (χ2v) is 3.19. The van der Waals surface area contributed by atoms with Gasteiger partial charge in [-0.25, -0.2) is 0 Å². The maximum absolute atomic E-state index is 11.1. The smallest absolute Gasteiger partial charge is 0.253 e. The van der Waals surface area contributed by atoms with Crippen LogP contribution in [0.25, 0.3) is 0 Å². The summed E-state index contributed by atoms with van der Waals surface area (Å²) < 4.78 is 0. The Morgan fingerprint density at radius 2 is 1.73 bits per heavy atom. The molecule has 0 radical (unpaired) electrons. The fourth-order valence-corrected chi connectivity index (χ4v) is 1.30. The molecule has 15 heavy (non-hydrogen) atoms. The van der Waals surface area contributed by atoms with Crippen LogP contribution in [0.5, 0.6) is 17.2 Å². The van der Waals surface area contributed by atoms with Crippen molar-refractivity contribution in [3.8, 4) is 17.2 Å². The van der Waals surface area contributed by atoms with Gasteiger partial charge < -0.3 is 15.3 Å². The molecule has 1 aromatic rings. The van der Waals surface area contributed by atoms with Crippen molar-refractivity contribution in [3.05, 3.63) is 17.2 Å². The number of ketones is 1. The van der Waals surface area contributed by atoms with Crippen molar-refractivity contribution in [3.63, 3.8) is 0 Å². The maximum Gasteiger partial charge on any atom is 0.253 e. The average Bonchev–Trinajstić information content (AvgIpc) is 2.12. The molecule has 0 aliphatic heterocycles. The summed E-state index contributed by atoms with van der Waals surface area (Å²) in [6.45, 7) is 1.09. The molecule has 0 atom stereocenters. The van der Waals surface area contributed by atoms with Gasteiger partial charge in [-0.2, -0.15) is 0 Å². The van der Waals surface area contributed by atoms with Crippen LogP contribution in [0.1, 0.15) is 27.6 Å². The summed E-state index contributed by atoms with van der Waals surface area (Å²) in [6.07, 6.45) is 0. The maximum atomic E-state index is 11.1. The average molecular weight is 231 g/mol. The van der Waals surface area contributed by atoms with Crippen LogP contribution < -0.4 is 0 Å². The summed E-state index contributed by atoms with van der Waals surface area (Å²) in [5.41, 5.74) is -0.762. The van der Waals surface area contributed by atoms with Crippen molar-refractivity contribution in [2.45, 2.75) is 6.92 Å². The third kappa shape index (κ3) is 1.87. The molecule has 3 N–H and O–H groups in total.